The average molecular weight is 234 g/mol. The Labute approximate surface area is 96.2 Å². The number of aryl methyl sites for hydroxylation is 1. The smallest absolute Gasteiger partial charge is 0.305 e. The van der Waals surface area contributed by atoms with Crippen molar-refractivity contribution in [1.29, 1.82) is 0 Å². The molecule has 17 heavy (non-hydrogen) atoms. The third-order valence-electron chi connectivity index (χ3n) is 2.55. The van der Waals surface area contributed by atoms with Crippen LogP contribution in [0.2, 0.25) is 0 Å². The monoisotopic (exact) mass is 234 g/mol. The average Bonchev–Trinajstić information content (AvgIpc) is 2.68. The Morgan fingerprint density at radius 3 is 2.82 bits per heavy atom. The molecule has 0 spiro atoms. The van der Waals surface area contributed by atoms with E-state index < -0.39 is 10.9 Å². The summed E-state index contributed by atoms with van der Waals surface area (Å²) in [5, 5.41) is 19.9. The number of fused-ring (bicyclic) bond motifs is 1. The highest BCUT2D eigenvalue weighted by atomic mass is 16.6. The molecule has 0 amide bonds. The molecule has 0 saturated heterocycles. The molecule has 0 aliphatic carbocycles. The van der Waals surface area contributed by atoms with Gasteiger partial charge in [-0.3, -0.25) is 14.9 Å². The number of aliphatic carboxylic acids is 1. The van der Waals surface area contributed by atoms with Crippen molar-refractivity contribution in [2.75, 3.05) is 0 Å². The third kappa shape index (κ3) is 2.10. The summed E-state index contributed by atoms with van der Waals surface area (Å²) in [6.07, 6.45) is 1.66. The molecule has 0 fully saturated rings. The van der Waals surface area contributed by atoms with Crippen molar-refractivity contribution < 1.29 is 14.8 Å². The van der Waals surface area contributed by atoms with Crippen LogP contribution in [0.25, 0.3) is 10.9 Å². The molecule has 88 valence electrons. The zero-order chi connectivity index (χ0) is 12.4. The van der Waals surface area contributed by atoms with Crippen molar-refractivity contribution in [3.63, 3.8) is 0 Å². The van der Waals surface area contributed by atoms with E-state index in [1.54, 1.807) is 29.0 Å². The molecule has 1 N–H and O–H groups in total. The topological polar surface area (TPSA) is 85.4 Å². The van der Waals surface area contributed by atoms with Crippen LogP contribution in [-0.2, 0) is 11.3 Å². The number of nitrogens with zero attached hydrogens (tertiary/aromatic N) is 2. The van der Waals surface area contributed by atoms with E-state index in [9.17, 15) is 14.9 Å². The van der Waals surface area contributed by atoms with Gasteiger partial charge in [-0.25, -0.2) is 0 Å². The van der Waals surface area contributed by atoms with E-state index in [0.29, 0.717) is 17.4 Å². The lowest BCUT2D eigenvalue weighted by molar-refractivity contribution is -0.383. The van der Waals surface area contributed by atoms with E-state index in [0.717, 1.165) is 0 Å². The third-order valence-corrected chi connectivity index (χ3v) is 2.55. The first kappa shape index (κ1) is 11.1. The second kappa shape index (κ2) is 4.25. The van der Waals surface area contributed by atoms with Crippen LogP contribution in [0, 0.1) is 10.1 Å². The van der Waals surface area contributed by atoms with Gasteiger partial charge < -0.3 is 9.67 Å². The van der Waals surface area contributed by atoms with Crippen molar-refractivity contribution in [2.24, 2.45) is 0 Å². The number of non-ortho nitro benzene ring substituents is 1. The van der Waals surface area contributed by atoms with Gasteiger partial charge >= 0.3 is 5.97 Å². The van der Waals surface area contributed by atoms with Crippen molar-refractivity contribution in [3.8, 4) is 0 Å². The van der Waals surface area contributed by atoms with Crippen molar-refractivity contribution in [1.82, 2.24) is 4.57 Å². The summed E-state index contributed by atoms with van der Waals surface area (Å²) in [6.45, 7) is 0.306. The number of carboxylic acid groups (broad SMARTS) is 1. The molecular weight excluding hydrogens is 224 g/mol. The van der Waals surface area contributed by atoms with Gasteiger partial charge in [0.1, 0.15) is 0 Å². The van der Waals surface area contributed by atoms with E-state index >= 15 is 0 Å². The van der Waals surface area contributed by atoms with Crippen LogP contribution >= 0.6 is 0 Å². The predicted molar refractivity (Wildman–Crippen MR) is 60.8 cm³/mol. The molecule has 1 aromatic carbocycles. The Hall–Kier alpha value is -2.37. The lowest BCUT2D eigenvalue weighted by Crippen LogP contribution is -2.03. The number of hydrogen-bond acceptors (Lipinski definition) is 3. The van der Waals surface area contributed by atoms with Crippen LogP contribution < -0.4 is 0 Å². The molecular formula is C11H10N2O4. The van der Waals surface area contributed by atoms with Crippen LogP contribution in [-0.4, -0.2) is 20.6 Å². The SMILES string of the molecule is O=C(O)CCn1ccc2c([N+](=O)[O-])cccc21. The molecule has 0 aliphatic heterocycles. The van der Waals surface area contributed by atoms with Gasteiger partial charge in [-0.15, -0.1) is 0 Å². The van der Waals surface area contributed by atoms with E-state index in [-0.39, 0.29) is 12.1 Å². The summed E-state index contributed by atoms with van der Waals surface area (Å²) in [7, 11) is 0. The Kier molecular flexibility index (Phi) is 2.78. The number of nitro benzene ring substituents is 1. The zero-order valence-corrected chi connectivity index (χ0v) is 8.87. The first-order valence-electron chi connectivity index (χ1n) is 5.03. The molecule has 0 atom stereocenters. The summed E-state index contributed by atoms with van der Waals surface area (Å²) in [5.41, 5.74) is 0.719. The maximum absolute atomic E-state index is 10.8. The maximum Gasteiger partial charge on any atom is 0.305 e. The van der Waals surface area contributed by atoms with Gasteiger partial charge in [0.25, 0.3) is 5.69 Å². The van der Waals surface area contributed by atoms with Crippen LogP contribution in [0.15, 0.2) is 30.5 Å². The highest BCUT2D eigenvalue weighted by Gasteiger charge is 2.13. The lowest BCUT2D eigenvalue weighted by Gasteiger charge is -2.02. The quantitative estimate of drug-likeness (QED) is 0.647. The van der Waals surface area contributed by atoms with Crippen molar-refractivity contribution >= 4 is 22.6 Å². The Morgan fingerprint density at radius 1 is 1.41 bits per heavy atom. The summed E-state index contributed by atoms with van der Waals surface area (Å²) in [4.78, 5) is 20.8. The fourth-order valence-electron chi connectivity index (χ4n) is 1.78. The Morgan fingerprint density at radius 2 is 2.18 bits per heavy atom. The second-order valence-corrected chi connectivity index (χ2v) is 3.62. The molecule has 0 aliphatic rings. The van der Waals surface area contributed by atoms with Gasteiger partial charge in [-0.1, -0.05) is 6.07 Å². The van der Waals surface area contributed by atoms with Gasteiger partial charge in [-0.2, -0.15) is 0 Å². The number of carboxylic acids is 1. The summed E-state index contributed by atoms with van der Waals surface area (Å²) < 4.78 is 1.70. The fourth-order valence-corrected chi connectivity index (χ4v) is 1.78. The molecule has 6 heteroatoms. The fraction of sp³-hybridized carbons (Fsp3) is 0.182. The molecule has 0 radical (unpaired) electrons. The van der Waals surface area contributed by atoms with Crippen molar-refractivity contribution in [3.05, 3.63) is 40.6 Å². The minimum atomic E-state index is -0.891. The van der Waals surface area contributed by atoms with Gasteiger partial charge in [0.2, 0.25) is 0 Å². The molecule has 6 nitrogen and oxygen atoms in total. The van der Waals surface area contributed by atoms with E-state index in [2.05, 4.69) is 0 Å². The minimum Gasteiger partial charge on any atom is -0.481 e. The van der Waals surface area contributed by atoms with Crippen LogP contribution in [0.5, 0.6) is 0 Å². The standard InChI is InChI=1S/C11H10N2O4/c14-11(15)5-7-12-6-4-8-9(12)2-1-3-10(8)13(16)17/h1-4,6H,5,7H2,(H,14,15). The van der Waals surface area contributed by atoms with Gasteiger partial charge in [-0.05, 0) is 12.1 Å². The van der Waals surface area contributed by atoms with Crippen LogP contribution in [0.3, 0.4) is 0 Å². The van der Waals surface area contributed by atoms with E-state index in [1.807, 2.05) is 0 Å². The number of benzene rings is 1. The summed E-state index contributed by atoms with van der Waals surface area (Å²) >= 11 is 0. The van der Waals surface area contributed by atoms with Gasteiger partial charge in [0, 0.05) is 18.8 Å². The number of aromatic nitrogens is 1. The number of carbonyl (C=O) groups is 1. The first-order chi connectivity index (χ1) is 8.09. The van der Waals surface area contributed by atoms with E-state index in [1.165, 1.54) is 6.07 Å². The summed E-state index contributed by atoms with van der Waals surface area (Å²) in [5.74, 6) is -0.891. The molecule has 2 rings (SSSR count). The largest absolute Gasteiger partial charge is 0.481 e. The minimum absolute atomic E-state index is 0.00747. The van der Waals surface area contributed by atoms with Crippen molar-refractivity contribution in [2.45, 2.75) is 13.0 Å². The molecule has 0 bridgehead atoms. The molecule has 1 aromatic heterocycles. The van der Waals surface area contributed by atoms with Gasteiger partial charge in [0.05, 0.1) is 22.2 Å². The Balaban J connectivity index is 2.44. The summed E-state index contributed by atoms with van der Waals surface area (Å²) in [6, 6.07) is 6.40. The molecule has 1 heterocycles. The number of hydrogen-bond donors (Lipinski definition) is 1. The van der Waals surface area contributed by atoms with E-state index in [4.69, 9.17) is 5.11 Å². The highest BCUT2D eigenvalue weighted by Crippen LogP contribution is 2.26. The Bertz CT molecular complexity index is 588. The maximum atomic E-state index is 10.8. The van der Waals surface area contributed by atoms with Gasteiger partial charge in [0.15, 0.2) is 0 Å². The number of rotatable bonds is 4. The predicted octanol–water partition coefficient (Wildman–Crippen LogP) is 2.02. The lowest BCUT2D eigenvalue weighted by atomic mass is 10.2. The number of nitro groups is 1. The first-order valence-corrected chi connectivity index (χ1v) is 5.03. The van der Waals surface area contributed by atoms with Crippen LogP contribution in [0.4, 0.5) is 5.69 Å². The molecule has 2 aromatic rings. The molecule has 0 unspecified atom stereocenters. The zero-order valence-electron chi connectivity index (χ0n) is 8.87. The van der Waals surface area contributed by atoms with Crippen LogP contribution in [0.1, 0.15) is 6.42 Å². The normalized spacial score (nSPS) is 10.6. The highest BCUT2D eigenvalue weighted by molar-refractivity contribution is 5.89. The second-order valence-electron chi connectivity index (χ2n) is 3.62. The molecule has 0 saturated carbocycles.